The van der Waals surface area contributed by atoms with Crippen molar-refractivity contribution in [2.45, 2.75) is 53.0 Å². The molecule has 0 bridgehead atoms. The number of anilines is 1. The number of benzene rings is 2. The van der Waals surface area contributed by atoms with Crippen molar-refractivity contribution in [3.8, 4) is 0 Å². The predicted molar refractivity (Wildman–Crippen MR) is 126 cm³/mol. The molecule has 3 rings (SSSR count). The Morgan fingerprint density at radius 1 is 1.06 bits per heavy atom. The third kappa shape index (κ3) is 5.30. The highest BCUT2D eigenvalue weighted by Gasteiger charge is 2.21. The van der Waals surface area contributed by atoms with Crippen LogP contribution in [0.4, 0.5) is 10.2 Å². The zero-order valence-electron chi connectivity index (χ0n) is 18.7. The van der Waals surface area contributed by atoms with Crippen molar-refractivity contribution in [3.05, 3.63) is 64.2 Å². The molecule has 2 aromatic carbocycles. The van der Waals surface area contributed by atoms with E-state index in [0.717, 1.165) is 5.39 Å². The number of carbonyl (C=O) groups is 2. The quantitative estimate of drug-likeness (QED) is 0.411. The SMILES string of the molecule is CC(C)Nc1ncnc2c(CC(=O)c3c(Cl)ccc(CCC(=O)C(C)C)c3F)cccc12. The van der Waals surface area contributed by atoms with Crippen LogP contribution in [0.15, 0.2) is 36.7 Å². The Morgan fingerprint density at radius 2 is 1.81 bits per heavy atom. The lowest BCUT2D eigenvalue weighted by molar-refractivity contribution is -0.121. The smallest absolute Gasteiger partial charge is 0.171 e. The van der Waals surface area contributed by atoms with Crippen molar-refractivity contribution >= 4 is 39.9 Å². The molecule has 0 aliphatic heterocycles. The van der Waals surface area contributed by atoms with Crippen molar-refractivity contribution in [3.63, 3.8) is 0 Å². The van der Waals surface area contributed by atoms with E-state index in [1.165, 1.54) is 18.5 Å². The Kier molecular flexibility index (Phi) is 7.56. The first-order valence-corrected chi connectivity index (χ1v) is 11.1. The van der Waals surface area contributed by atoms with Crippen molar-refractivity contribution in [1.29, 1.82) is 0 Å². The van der Waals surface area contributed by atoms with Gasteiger partial charge in [0.15, 0.2) is 5.78 Å². The summed E-state index contributed by atoms with van der Waals surface area (Å²) in [5.74, 6) is -0.478. The van der Waals surface area contributed by atoms with Crippen molar-refractivity contribution in [1.82, 2.24) is 9.97 Å². The van der Waals surface area contributed by atoms with E-state index in [4.69, 9.17) is 11.6 Å². The van der Waals surface area contributed by atoms with Gasteiger partial charge in [0.25, 0.3) is 0 Å². The highest BCUT2D eigenvalue weighted by molar-refractivity contribution is 6.34. The van der Waals surface area contributed by atoms with Crippen molar-refractivity contribution < 1.29 is 14.0 Å². The molecular formula is C25H27ClFN3O2. The van der Waals surface area contributed by atoms with E-state index in [2.05, 4.69) is 15.3 Å². The summed E-state index contributed by atoms with van der Waals surface area (Å²) in [6.07, 6.45) is 1.84. The molecule has 0 atom stereocenters. The first-order chi connectivity index (χ1) is 15.2. The zero-order valence-corrected chi connectivity index (χ0v) is 19.5. The van der Waals surface area contributed by atoms with Gasteiger partial charge in [0, 0.05) is 30.2 Å². The molecule has 3 aromatic rings. The van der Waals surface area contributed by atoms with Crippen molar-refractivity contribution in [2.75, 3.05) is 5.32 Å². The van der Waals surface area contributed by atoms with Gasteiger partial charge in [0.1, 0.15) is 23.7 Å². The van der Waals surface area contributed by atoms with E-state index in [0.29, 0.717) is 22.5 Å². The minimum Gasteiger partial charge on any atom is -0.367 e. The van der Waals surface area contributed by atoms with Crippen molar-refractivity contribution in [2.24, 2.45) is 5.92 Å². The monoisotopic (exact) mass is 455 g/mol. The maximum absolute atomic E-state index is 15.2. The number of nitrogens with zero attached hydrogens (tertiary/aromatic N) is 2. The molecule has 1 N–H and O–H groups in total. The number of nitrogens with one attached hydrogen (secondary N) is 1. The van der Waals surface area contributed by atoms with Gasteiger partial charge in [-0.2, -0.15) is 0 Å². The predicted octanol–water partition coefficient (Wildman–Crippen LogP) is 5.83. The number of carbonyl (C=O) groups excluding carboxylic acids is 2. The number of aryl methyl sites for hydroxylation is 1. The minimum absolute atomic E-state index is 0.0495. The number of rotatable bonds is 9. The van der Waals surface area contributed by atoms with Crippen LogP contribution >= 0.6 is 11.6 Å². The van der Waals surface area contributed by atoms with E-state index >= 15 is 4.39 Å². The van der Waals surface area contributed by atoms with Gasteiger partial charge in [-0.1, -0.05) is 43.6 Å². The summed E-state index contributed by atoms with van der Waals surface area (Å²) < 4.78 is 15.2. The number of hydrogen-bond acceptors (Lipinski definition) is 5. The molecule has 7 heteroatoms. The van der Waals surface area contributed by atoms with Gasteiger partial charge in [-0.05, 0) is 43.5 Å². The van der Waals surface area contributed by atoms with Crippen LogP contribution in [0.2, 0.25) is 5.02 Å². The third-order valence-electron chi connectivity index (χ3n) is 5.26. The molecular weight excluding hydrogens is 429 g/mol. The number of fused-ring (bicyclic) bond motifs is 1. The second kappa shape index (κ2) is 10.2. The Balaban J connectivity index is 1.91. The van der Waals surface area contributed by atoms with Crippen LogP contribution in [-0.4, -0.2) is 27.6 Å². The average molecular weight is 456 g/mol. The highest BCUT2D eigenvalue weighted by Crippen LogP contribution is 2.28. The lowest BCUT2D eigenvalue weighted by Crippen LogP contribution is -2.13. The Bertz CT molecular complexity index is 1160. The summed E-state index contributed by atoms with van der Waals surface area (Å²) in [6.45, 7) is 7.64. The van der Waals surface area contributed by atoms with Crippen LogP contribution in [0, 0.1) is 11.7 Å². The van der Waals surface area contributed by atoms with E-state index in [1.54, 1.807) is 6.07 Å². The van der Waals surface area contributed by atoms with E-state index in [9.17, 15) is 9.59 Å². The molecule has 0 saturated carbocycles. The van der Waals surface area contributed by atoms with Gasteiger partial charge in [0.05, 0.1) is 16.1 Å². The molecule has 5 nitrogen and oxygen atoms in total. The second-order valence-corrected chi connectivity index (χ2v) is 8.86. The van der Waals surface area contributed by atoms with Gasteiger partial charge < -0.3 is 5.32 Å². The fraction of sp³-hybridized carbons (Fsp3) is 0.360. The first-order valence-electron chi connectivity index (χ1n) is 10.7. The topological polar surface area (TPSA) is 72.0 Å². The van der Waals surface area contributed by atoms with Gasteiger partial charge >= 0.3 is 0 Å². The Morgan fingerprint density at radius 3 is 2.50 bits per heavy atom. The zero-order chi connectivity index (χ0) is 23.4. The molecule has 1 aromatic heterocycles. The summed E-state index contributed by atoms with van der Waals surface area (Å²) in [5, 5.41) is 4.12. The van der Waals surface area contributed by atoms with Crippen LogP contribution in [0.5, 0.6) is 0 Å². The van der Waals surface area contributed by atoms with E-state index in [1.807, 2.05) is 39.8 Å². The Hall–Kier alpha value is -2.86. The molecule has 0 unspecified atom stereocenters. The molecule has 1 heterocycles. The van der Waals surface area contributed by atoms with E-state index in [-0.39, 0.29) is 47.6 Å². The minimum atomic E-state index is -0.656. The Labute approximate surface area is 192 Å². The van der Waals surface area contributed by atoms with Gasteiger partial charge in [-0.25, -0.2) is 14.4 Å². The van der Waals surface area contributed by atoms with Gasteiger partial charge in [0.2, 0.25) is 0 Å². The molecule has 0 aliphatic rings. The summed E-state index contributed by atoms with van der Waals surface area (Å²) >= 11 is 6.21. The summed E-state index contributed by atoms with van der Waals surface area (Å²) in [6, 6.07) is 8.74. The maximum atomic E-state index is 15.2. The van der Waals surface area contributed by atoms with Crippen LogP contribution in [0.3, 0.4) is 0 Å². The lowest BCUT2D eigenvalue weighted by atomic mass is 9.96. The highest BCUT2D eigenvalue weighted by atomic mass is 35.5. The van der Waals surface area contributed by atoms with Crippen LogP contribution in [-0.2, 0) is 17.6 Å². The molecule has 0 aliphatic carbocycles. The van der Waals surface area contributed by atoms with Gasteiger partial charge in [-0.3, -0.25) is 9.59 Å². The number of halogens is 2. The molecule has 0 fully saturated rings. The molecule has 0 amide bonds. The van der Waals surface area contributed by atoms with Crippen LogP contribution in [0.1, 0.15) is 55.6 Å². The second-order valence-electron chi connectivity index (χ2n) is 8.45. The van der Waals surface area contributed by atoms with E-state index < -0.39 is 11.6 Å². The normalized spacial score (nSPS) is 11.4. The van der Waals surface area contributed by atoms with Crippen LogP contribution in [0.25, 0.3) is 10.9 Å². The molecule has 168 valence electrons. The molecule has 0 spiro atoms. The average Bonchev–Trinajstić information content (AvgIpc) is 2.73. The number of aromatic nitrogens is 2. The number of Topliss-reactive ketones (excluding diaryl/α,β-unsaturated/α-hetero) is 2. The summed E-state index contributed by atoms with van der Waals surface area (Å²) in [5.41, 5.74) is 1.47. The van der Waals surface area contributed by atoms with Crippen LogP contribution < -0.4 is 5.32 Å². The maximum Gasteiger partial charge on any atom is 0.171 e. The lowest BCUT2D eigenvalue weighted by Gasteiger charge is -2.13. The summed E-state index contributed by atoms with van der Waals surface area (Å²) in [4.78, 5) is 33.7. The fourth-order valence-corrected chi connectivity index (χ4v) is 3.78. The number of para-hydroxylation sites is 1. The fourth-order valence-electron chi connectivity index (χ4n) is 3.53. The molecule has 32 heavy (non-hydrogen) atoms. The number of ketones is 2. The summed E-state index contributed by atoms with van der Waals surface area (Å²) in [7, 11) is 0. The number of hydrogen-bond donors (Lipinski definition) is 1. The first kappa shape index (κ1) is 23.8. The third-order valence-corrected chi connectivity index (χ3v) is 5.57. The molecule has 0 saturated heterocycles. The molecule has 0 radical (unpaired) electrons. The largest absolute Gasteiger partial charge is 0.367 e. The standard InChI is InChI=1S/C25H27ClFN3O2/c1-14(2)20(31)11-9-16-8-10-19(26)22(23(16)27)21(32)12-17-6-5-7-18-24(17)28-13-29-25(18)30-15(3)4/h5-8,10,13-15H,9,11-12H2,1-4H3,(H,28,29,30). The van der Waals surface area contributed by atoms with Gasteiger partial charge in [-0.15, -0.1) is 0 Å².